The quantitative estimate of drug-likeness (QED) is 0.600. The molecule has 156 valence electrons. The van der Waals surface area contributed by atoms with E-state index in [0.717, 1.165) is 5.56 Å². The number of hydrogen-bond acceptors (Lipinski definition) is 5. The minimum absolute atomic E-state index is 0.0314. The third-order valence-electron chi connectivity index (χ3n) is 5.17. The highest BCUT2D eigenvalue weighted by Crippen LogP contribution is 2.25. The van der Waals surface area contributed by atoms with E-state index in [4.69, 9.17) is 16.0 Å². The number of hydrogen-bond donors (Lipinski definition) is 0. The van der Waals surface area contributed by atoms with E-state index in [2.05, 4.69) is 11.1 Å². The topological polar surface area (TPSA) is 73.4 Å². The van der Waals surface area contributed by atoms with E-state index in [-0.39, 0.29) is 11.6 Å². The molecule has 7 heteroatoms. The largest absolute Gasteiger partial charge is 0.420 e. The van der Waals surface area contributed by atoms with Gasteiger partial charge in [0, 0.05) is 42.8 Å². The summed E-state index contributed by atoms with van der Waals surface area (Å²) in [5.41, 5.74) is 3.08. The summed E-state index contributed by atoms with van der Waals surface area (Å²) >= 11 is 5.90. The minimum Gasteiger partial charge on any atom is -0.420 e. The van der Waals surface area contributed by atoms with Gasteiger partial charge in [-0.2, -0.15) is 10.2 Å². The van der Waals surface area contributed by atoms with Gasteiger partial charge in [-0.1, -0.05) is 41.4 Å². The molecule has 3 aromatic rings. The van der Waals surface area contributed by atoms with Crippen LogP contribution in [-0.4, -0.2) is 42.0 Å². The lowest BCUT2D eigenvalue weighted by Gasteiger charge is -2.34. The molecule has 0 radical (unpaired) electrons. The average molecular weight is 433 g/mol. The number of carbonyl (C=O) groups excluding carboxylic acids is 1. The van der Waals surface area contributed by atoms with Crippen LogP contribution >= 0.6 is 11.6 Å². The number of oxazole rings is 1. The predicted octanol–water partition coefficient (Wildman–Crippen LogP) is 4.64. The molecule has 6 nitrogen and oxygen atoms in total. The number of carbonyl (C=O) groups is 1. The van der Waals surface area contributed by atoms with Crippen molar-refractivity contribution in [3.05, 3.63) is 81.8 Å². The Hall–Kier alpha value is -3.56. The van der Waals surface area contributed by atoms with Crippen LogP contribution in [0.15, 0.2) is 52.9 Å². The molecule has 31 heavy (non-hydrogen) atoms. The van der Waals surface area contributed by atoms with E-state index < -0.39 is 0 Å². The maximum absolute atomic E-state index is 12.7. The molecule has 1 aliphatic rings. The summed E-state index contributed by atoms with van der Waals surface area (Å²) in [6.07, 6.45) is 3.66. The lowest BCUT2D eigenvalue weighted by Crippen LogP contribution is -2.48. The van der Waals surface area contributed by atoms with Crippen LogP contribution < -0.4 is 4.90 Å². The van der Waals surface area contributed by atoms with Gasteiger partial charge in [-0.3, -0.25) is 4.79 Å². The number of amides is 1. The Labute approximate surface area is 186 Å². The summed E-state index contributed by atoms with van der Waals surface area (Å²) in [7, 11) is 0. The lowest BCUT2D eigenvalue weighted by molar-refractivity contribution is 0.0745. The number of nitrogens with zero attached hydrogens (tertiary/aromatic N) is 4. The van der Waals surface area contributed by atoms with Crippen molar-refractivity contribution in [2.75, 3.05) is 31.1 Å². The Kier molecular flexibility index (Phi) is 6.06. The zero-order chi connectivity index (χ0) is 21.8. The zero-order valence-electron chi connectivity index (χ0n) is 17.1. The van der Waals surface area contributed by atoms with E-state index in [1.54, 1.807) is 35.2 Å². The molecular formula is C24H21ClN4O2. The molecule has 0 saturated carbocycles. The molecule has 1 aliphatic heterocycles. The van der Waals surface area contributed by atoms with E-state index >= 15 is 0 Å². The lowest BCUT2D eigenvalue weighted by atomic mass is 10.1. The van der Waals surface area contributed by atoms with Crippen LogP contribution in [0.1, 0.15) is 33.1 Å². The van der Waals surface area contributed by atoms with Gasteiger partial charge < -0.3 is 14.2 Å². The second-order valence-electron chi connectivity index (χ2n) is 7.35. The third kappa shape index (κ3) is 4.79. The van der Waals surface area contributed by atoms with Gasteiger partial charge in [-0.05, 0) is 42.8 Å². The van der Waals surface area contributed by atoms with Gasteiger partial charge in [0.1, 0.15) is 6.07 Å². The maximum Gasteiger partial charge on any atom is 0.253 e. The smallest absolute Gasteiger partial charge is 0.253 e. The first-order chi connectivity index (χ1) is 15.0. The molecule has 2 aromatic carbocycles. The Morgan fingerprint density at radius 1 is 1.06 bits per heavy atom. The highest BCUT2D eigenvalue weighted by molar-refractivity contribution is 6.30. The third-order valence-corrected chi connectivity index (χ3v) is 5.42. The van der Waals surface area contributed by atoms with E-state index in [1.165, 1.54) is 5.56 Å². The second-order valence-corrected chi connectivity index (χ2v) is 7.78. The number of piperazine rings is 1. The molecular weight excluding hydrogens is 412 g/mol. The van der Waals surface area contributed by atoms with Crippen LogP contribution in [0, 0.1) is 18.3 Å². The number of rotatable bonds is 4. The average Bonchev–Trinajstić information content (AvgIpc) is 3.22. The molecule has 2 heterocycles. The molecule has 0 spiro atoms. The fraction of sp³-hybridized carbons (Fsp3) is 0.208. The summed E-state index contributed by atoms with van der Waals surface area (Å²) in [6, 6.07) is 17.1. The van der Waals surface area contributed by atoms with E-state index in [0.29, 0.717) is 48.5 Å². The van der Waals surface area contributed by atoms with Gasteiger partial charge in [0.2, 0.25) is 17.5 Å². The maximum atomic E-state index is 12.7. The highest BCUT2D eigenvalue weighted by atomic mass is 35.5. The highest BCUT2D eigenvalue weighted by Gasteiger charge is 2.26. The fourth-order valence-electron chi connectivity index (χ4n) is 3.42. The SMILES string of the molecule is Cc1ccc(C=Cc2nc(C#N)c(N3CCN(C(=O)c4ccc(Cl)cc4)CC3)o2)cc1. The molecule has 0 N–H and O–H groups in total. The van der Waals surface area contributed by atoms with Crippen molar-refractivity contribution in [1.29, 1.82) is 5.26 Å². The zero-order valence-corrected chi connectivity index (χ0v) is 17.8. The van der Waals surface area contributed by atoms with E-state index in [9.17, 15) is 10.1 Å². The summed E-state index contributed by atoms with van der Waals surface area (Å²) in [4.78, 5) is 20.7. The second kappa shape index (κ2) is 9.07. The molecule has 1 saturated heterocycles. The summed E-state index contributed by atoms with van der Waals surface area (Å²) in [5, 5.41) is 10.1. The van der Waals surface area contributed by atoms with E-state index in [1.807, 2.05) is 42.2 Å². The van der Waals surface area contributed by atoms with Gasteiger partial charge in [-0.25, -0.2) is 0 Å². The number of anilines is 1. The van der Waals surface area contributed by atoms with Crippen molar-refractivity contribution < 1.29 is 9.21 Å². The summed E-state index contributed by atoms with van der Waals surface area (Å²) in [5.74, 6) is 0.799. The van der Waals surface area contributed by atoms with Crippen molar-refractivity contribution in [2.24, 2.45) is 0 Å². The van der Waals surface area contributed by atoms with Crippen molar-refractivity contribution in [2.45, 2.75) is 6.92 Å². The van der Waals surface area contributed by atoms with Gasteiger partial charge in [0.05, 0.1) is 0 Å². The molecule has 0 aliphatic carbocycles. The van der Waals surface area contributed by atoms with Crippen molar-refractivity contribution in [3.63, 3.8) is 0 Å². The number of halogens is 1. The van der Waals surface area contributed by atoms with Gasteiger partial charge in [0.25, 0.3) is 5.91 Å². The fourth-order valence-corrected chi connectivity index (χ4v) is 3.55. The van der Waals surface area contributed by atoms with Gasteiger partial charge in [0.15, 0.2) is 0 Å². The van der Waals surface area contributed by atoms with Crippen molar-refractivity contribution >= 4 is 35.5 Å². The number of benzene rings is 2. The molecule has 0 bridgehead atoms. The van der Waals surface area contributed by atoms with Crippen molar-refractivity contribution in [3.8, 4) is 6.07 Å². The molecule has 0 atom stereocenters. The Balaban J connectivity index is 1.43. The number of aromatic nitrogens is 1. The first-order valence-electron chi connectivity index (χ1n) is 9.99. The predicted molar refractivity (Wildman–Crippen MR) is 121 cm³/mol. The van der Waals surface area contributed by atoms with Crippen LogP contribution in [0.4, 0.5) is 5.88 Å². The minimum atomic E-state index is -0.0314. The van der Waals surface area contributed by atoms with Crippen molar-refractivity contribution in [1.82, 2.24) is 9.88 Å². The molecule has 0 unspecified atom stereocenters. The number of aryl methyl sites for hydroxylation is 1. The van der Waals surface area contributed by atoms with Crippen LogP contribution in [0.25, 0.3) is 12.2 Å². The molecule has 1 aromatic heterocycles. The van der Waals surface area contributed by atoms with Gasteiger partial charge in [-0.15, -0.1) is 0 Å². The summed E-state index contributed by atoms with van der Waals surface area (Å²) in [6.45, 7) is 4.22. The van der Waals surface area contributed by atoms with Crippen LogP contribution in [-0.2, 0) is 0 Å². The monoisotopic (exact) mass is 432 g/mol. The van der Waals surface area contributed by atoms with Crippen LogP contribution in [0.2, 0.25) is 5.02 Å². The Morgan fingerprint density at radius 3 is 2.39 bits per heavy atom. The molecule has 1 fully saturated rings. The van der Waals surface area contributed by atoms with Crippen LogP contribution in [0.3, 0.4) is 0 Å². The van der Waals surface area contributed by atoms with Gasteiger partial charge >= 0.3 is 0 Å². The standard InChI is InChI=1S/C24H21ClN4O2/c1-17-2-4-18(5-3-17)6-11-22-27-21(16-26)24(31-22)29-14-12-28(13-15-29)23(30)19-7-9-20(25)10-8-19/h2-11H,12-15H2,1H3. The summed E-state index contributed by atoms with van der Waals surface area (Å²) < 4.78 is 5.87. The Morgan fingerprint density at radius 2 is 1.74 bits per heavy atom. The normalized spacial score (nSPS) is 14.1. The van der Waals surface area contributed by atoms with Crippen LogP contribution in [0.5, 0.6) is 0 Å². The number of nitriles is 1. The Bertz CT molecular complexity index is 1140. The first-order valence-corrected chi connectivity index (χ1v) is 10.4. The molecule has 4 rings (SSSR count). The molecule has 1 amide bonds. The first kappa shape index (κ1) is 20.7.